The molecule has 0 bridgehead atoms. The van der Waals surface area contributed by atoms with Gasteiger partial charge in [-0.1, -0.05) is 10.3 Å². The van der Waals surface area contributed by atoms with E-state index in [0.717, 1.165) is 12.3 Å². The van der Waals surface area contributed by atoms with Crippen LogP contribution < -0.4 is 16.1 Å². The van der Waals surface area contributed by atoms with E-state index in [4.69, 9.17) is 15.4 Å². The van der Waals surface area contributed by atoms with Crippen molar-refractivity contribution in [3.8, 4) is 0 Å². The van der Waals surface area contributed by atoms with Gasteiger partial charge in [-0.25, -0.2) is 13.6 Å². The molecule has 1 aromatic carbocycles. The first-order chi connectivity index (χ1) is 15.8. The molecule has 33 heavy (non-hydrogen) atoms. The van der Waals surface area contributed by atoms with Gasteiger partial charge in [0.1, 0.15) is 36.6 Å². The van der Waals surface area contributed by atoms with Crippen molar-refractivity contribution < 1.29 is 28.4 Å². The van der Waals surface area contributed by atoms with Crippen LogP contribution in [0.1, 0.15) is 36.2 Å². The highest BCUT2D eigenvalue weighted by atomic mass is 19.1. The van der Waals surface area contributed by atoms with Gasteiger partial charge in [0.25, 0.3) is 0 Å². The van der Waals surface area contributed by atoms with Crippen LogP contribution in [0.25, 0.3) is 10.9 Å². The largest absolute Gasteiger partial charge is 0.477 e. The third-order valence-corrected chi connectivity index (χ3v) is 5.69. The number of amidine groups is 1. The second-order valence-electron chi connectivity index (χ2n) is 7.86. The smallest absolute Gasteiger partial charge is 0.341 e. The second-order valence-corrected chi connectivity index (χ2v) is 7.86. The molecule has 2 fully saturated rings. The lowest BCUT2D eigenvalue weighted by molar-refractivity contribution is 0.0694. The predicted molar refractivity (Wildman–Crippen MR) is 117 cm³/mol. The Morgan fingerprint density at radius 1 is 1.36 bits per heavy atom. The number of carbonyl (C=O) groups is 1. The van der Waals surface area contributed by atoms with Crippen LogP contribution in [0, 0.1) is 17.6 Å². The molecule has 3 N–H and O–H groups in total. The highest BCUT2D eigenvalue weighted by molar-refractivity contribution is 6.10. The minimum absolute atomic E-state index is 0.00478. The number of aromatic carboxylic acids is 1. The van der Waals surface area contributed by atoms with Crippen LogP contribution in [-0.2, 0) is 9.68 Å². The lowest BCUT2D eigenvalue weighted by Crippen LogP contribution is -2.31. The summed E-state index contributed by atoms with van der Waals surface area (Å²) in [4.78, 5) is 35.4. The Labute approximate surface area is 186 Å². The molecule has 2 heterocycles. The first-order valence-corrected chi connectivity index (χ1v) is 10.4. The number of fused-ring (bicyclic) bond motifs is 1. The zero-order chi connectivity index (χ0) is 23.9. The molecule has 1 aromatic heterocycles. The van der Waals surface area contributed by atoms with Gasteiger partial charge in [-0.05, 0) is 25.8 Å². The first kappa shape index (κ1) is 22.5. The molecule has 4 rings (SSSR count). The molecule has 2 aliphatic rings. The standard InChI is InChI=1S/C21H23F2N5O5/c1-3-33-25-15-9-27(7-12(15)20(24)26-32-2)18-14(22)6-11-17(16(18)23)28(10-4-5-10)8-13(19(11)29)21(30)31/h6,8,10,12H,3-5,7,9H2,1-2H3,(H2,24,26)(H,30,31)/b25-15+. The number of nitrogens with zero attached hydrogens (tertiary/aromatic N) is 4. The Balaban J connectivity index is 1.87. The molecular formula is C21H23F2N5O5. The van der Waals surface area contributed by atoms with E-state index in [1.807, 2.05) is 0 Å². The lowest BCUT2D eigenvalue weighted by atomic mass is 10.1. The van der Waals surface area contributed by atoms with Gasteiger partial charge in [-0.3, -0.25) is 4.79 Å². The maximum atomic E-state index is 15.9. The summed E-state index contributed by atoms with van der Waals surface area (Å²) in [5.74, 6) is -3.94. The Kier molecular flexibility index (Phi) is 5.91. The van der Waals surface area contributed by atoms with Crippen molar-refractivity contribution in [2.45, 2.75) is 25.8 Å². The zero-order valence-electron chi connectivity index (χ0n) is 18.0. The maximum Gasteiger partial charge on any atom is 0.341 e. The molecular weight excluding hydrogens is 440 g/mol. The molecule has 1 saturated heterocycles. The minimum Gasteiger partial charge on any atom is -0.477 e. The molecule has 0 spiro atoms. The van der Waals surface area contributed by atoms with Crippen molar-refractivity contribution in [2.75, 3.05) is 31.7 Å². The van der Waals surface area contributed by atoms with E-state index in [-0.39, 0.29) is 48.2 Å². The van der Waals surface area contributed by atoms with Crippen LogP contribution in [-0.4, -0.2) is 54.0 Å². The Bertz CT molecular complexity index is 1240. The summed E-state index contributed by atoms with van der Waals surface area (Å²) >= 11 is 0. The zero-order valence-corrected chi connectivity index (χ0v) is 18.0. The highest BCUT2D eigenvalue weighted by Crippen LogP contribution is 2.40. The Morgan fingerprint density at radius 2 is 2.09 bits per heavy atom. The normalized spacial score (nSPS) is 20.0. The third-order valence-electron chi connectivity index (χ3n) is 5.69. The number of halogens is 2. The van der Waals surface area contributed by atoms with E-state index in [2.05, 4.69) is 10.3 Å². The van der Waals surface area contributed by atoms with Crippen LogP contribution in [0.2, 0.25) is 0 Å². The fourth-order valence-electron chi connectivity index (χ4n) is 4.05. The molecule has 1 unspecified atom stereocenters. The van der Waals surface area contributed by atoms with Gasteiger partial charge in [-0.15, -0.1) is 0 Å². The topological polar surface area (TPSA) is 132 Å². The summed E-state index contributed by atoms with van der Waals surface area (Å²) in [6, 6.07) is 0.727. The van der Waals surface area contributed by atoms with Crippen molar-refractivity contribution in [1.29, 1.82) is 0 Å². The fraction of sp³-hybridized carbons (Fsp3) is 0.429. The van der Waals surface area contributed by atoms with Crippen molar-refractivity contribution in [3.63, 3.8) is 0 Å². The van der Waals surface area contributed by atoms with Crippen molar-refractivity contribution in [2.24, 2.45) is 22.0 Å². The van der Waals surface area contributed by atoms with E-state index in [0.29, 0.717) is 18.6 Å². The lowest BCUT2D eigenvalue weighted by Gasteiger charge is -2.22. The number of hydrogen-bond donors (Lipinski definition) is 2. The summed E-state index contributed by atoms with van der Waals surface area (Å²) in [5, 5.41) is 16.8. The van der Waals surface area contributed by atoms with E-state index in [9.17, 15) is 14.7 Å². The Morgan fingerprint density at radius 3 is 2.70 bits per heavy atom. The minimum atomic E-state index is -1.45. The van der Waals surface area contributed by atoms with Crippen molar-refractivity contribution >= 4 is 34.1 Å². The molecule has 1 atom stereocenters. The van der Waals surface area contributed by atoms with Gasteiger partial charge in [0.2, 0.25) is 5.43 Å². The van der Waals surface area contributed by atoms with Crippen LogP contribution >= 0.6 is 0 Å². The number of nitrogens with two attached hydrogens (primary N) is 1. The van der Waals surface area contributed by atoms with E-state index in [1.165, 1.54) is 16.6 Å². The molecule has 10 nitrogen and oxygen atoms in total. The molecule has 0 amide bonds. The summed E-state index contributed by atoms with van der Waals surface area (Å²) in [6.45, 7) is 2.08. The summed E-state index contributed by atoms with van der Waals surface area (Å²) < 4.78 is 32.5. The summed E-state index contributed by atoms with van der Waals surface area (Å²) in [7, 11) is 1.32. The molecule has 176 valence electrons. The average Bonchev–Trinajstić information content (AvgIpc) is 3.52. The number of aromatic nitrogens is 1. The van der Waals surface area contributed by atoms with E-state index >= 15 is 8.78 Å². The van der Waals surface area contributed by atoms with Crippen LogP contribution in [0.4, 0.5) is 14.5 Å². The van der Waals surface area contributed by atoms with Gasteiger partial charge in [0, 0.05) is 18.8 Å². The van der Waals surface area contributed by atoms with Crippen LogP contribution in [0.3, 0.4) is 0 Å². The van der Waals surface area contributed by atoms with Gasteiger partial charge in [0.15, 0.2) is 5.82 Å². The first-order valence-electron chi connectivity index (χ1n) is 10.4. The molecule has 1 aliphatic carbocycles. The molecule has 12 heteroatoms. The predicted octanol–water partition coefficient (Wildman–Crippen LogP) is 2.06. The quantitative estimate of drug-likeness (QED) is 0.365. The molecule has 2 aromatic rings. The van der Waals surface area contributed by atoms with Gasteiger partial charge >= 0.3 is 5.97 Å². The van der Waals surface area contributed by atoms with Crippen LogP contribution in [0.5, 0.6) is 0 Å². The number of oxime groups is 2. The van der Waals surface area contributed by atoms with E-state index < -0.39 is 34.5 Å². The number of benzene rings is 1. The Hall–Kier alpha value is -3.70. The monoisotopic (exact) mass is 463 g/mol. The molecule has 1 aliphatic heterocycles. The van der Waals surface area contributed by atoms with E-state index in [1.54, 1.807) is 6.92 Å². The van der Waals surface area contributed by atoms with Gasteiger partial charge in [-0.2, -0.15) is 0 Å². The summed E-state index contributed by atoms with van der Waals surface area (Å²) in [5.41, 5.74) is 4.42. The van der Waals surface area contributed by atoms with Crippen molar-refractivity contribution in [3.05, 3.63) is 39.7 Å². The van der Waals surface area contributed by atoms with Gasteiger partial charge < -0.3 is 30.0 Å². The van der Waals surface area contributed by atoms with Crippen molar-refractivity contribution in [1.82, 2.24) is 4.57 Å². The number of carboxylic acids is 1. The average molecular weight is 463 g/mol. The highest BCUT2D eigenvalue weighted by Gasteiger charge is 2.37. The van der Waals surface area contributed by atoms with Gasteiger partial charge in [0.05, 0.1) is 29.1 Å². The molecule has 0 radical (unpaired) electrons. The number of pyridine rings is 1. The number of anilines is 1. The molecule has 1 saturated carbocycles. The third kappa shape index (κ3) is 3.96. The van der Waals surface area contributed by atoms with Crippen LogP contribution in [0.15, 0.2) is 27.4 Å². The number of hydrogen-bond acceptors (Lipinski definition) is 7. The summed E-state index contributed by atoms with van der Waals surface area (Å²) in [6.07, 6.45) is 2.53. The maximum absolute atomic E-state index is 15.9. The number of carboxylic acid groups (broad SMARTS) is 1. The SMILES string of the molecule is CCO/N=C1\CN(c2c(F)cc3c(=O)c(C(=O)O)cn(C4CC4)c3c2F)CC1/C(N)=N\OC. The fourth-order valence-corrected chi connectivity index (χ4v) is 4.05. The second kappa shape index (κ2) is 8.68. The number of rotatable bonds is 7.